The molecule has 2 N–H and O–H groups in total. The number of aromatic nitrogens is 2. The highest BCUT2D eigenvalue weighted by atomic mass is 19.1. The first kappa shape index (κ1) is 20.1. The predicted octanol–water partition coefficient (Wildman–Crippen LogP) is 1.96. The number of amides is 1. The highest BCUT2D eigenvalue weighted by molar-refractivity contribution is 5.80. The van der Waals surface area contributed by atoms with Crippen LogP contribution in [0.3, 0.4) is 0 Å². The highest BCUT2D eigenvalue weighted by Gasteiger charge is 2.51. The van der Waals surface area contributed by atoms with Gasteiger partial charge in [-0.2, -0.15) is 0 Å². The molecule has 4 heterocycles. The van der Waals surface area contributed by atoms with Gasteiger partial charge in [0, 0.05) is 32.3 Å². The van der Waals surface area contributed by atoms with Gasteiger partial charge in [0.25, 0.3) is 0 Å². The molecular weight excluding hydrogens is 385 g/mol. The highest BCUT2D eigenvalue weighted by Crippen LogP contribution is 2.48. The van der Waals surface area contributed by atoms with Crippen LogP contribution in [-0.4, -0.2) is 65.2 Å². The van der Waals surface area contributed by atoms with Crippen molar-refractivity contribution in [3.63, 3.8) is 0 Å². The van der Waals surface area contributed by atoms with Crippen molar-refractivity contribution >= 4 is 11.9 Å². The zero-order valence-electron chi connectivity index (χ0n) is 17.6. The lowest BCUT2D eigenvalue weighted by molar-refractivity contribution is -0.127. The number of anilines is 1. The normalized spacial score (nSPS) is 35.4. The topological polar surface area (TPSA) is 84.6 Å². The van der Waals surface area contributed by atoms with Gasteiger partial charge >= 0.3 is 0 Å². The van der Waals surface area contributed by atoms with Gasteiger partial charge in [0.1, 0.15) is 0 Å². The second-order valence-electron chi connectivity index (χ2n) is 9.62. The zero-order chi connectivity index (χ0) is 20.8. The van der Waals surface area contributed by atoms with E-state index in [1.807, 2.05) is 0 Å². The average Bonchev–Trinajstić information content (AvgIpc) is 3.54. The van der Waals surface area contributed by atoms with Gasteiger partial charge in [0.2, 0.25) is 11.9 Å². The first-order valence-corrected chi connectivity index (χ1v) is 11.4. The van der Waals surface area contributed by atoms with Crippen LogP contribution in [0, 0.1) is 23.6 Å². The fourth-order valence-electron chi connectivity index (χ4n) is 6.47. The molecule has 2 bridgehead atoms. The molecule has 164 valence electrons. The second-order valence-corrected chi connectivity index (χ2v) is 9.62. The van der Waals surface area contributed by atoms with Gasteiger partial charge in [-0.15, -0.1) is 0 Å². The molecule has 30 heavy (non-hydrogen) atoms. The molecule has 1 aliphatic carbocycles. The van der Waals surface area contributed by atoms with E-state index in [0.29, 0.717) is 35.8 Å². The monoisotopic (exact) mass is 417 g/mol. The lowest BCUT2D eigenvalue weighted by Crippen LogP contribution is -2.57. The molecule has 0 spiro atoms. The Bertz CT molecular complexity index is 759. The number of methoxy groups -OCH3 is 1. The van der Waals surface area contributed by atoms with Gasteiger partial charge in [-0.25, -0.2) is 14.4 Å². The molecule has 1 aromatic heterocycles. The van der Waals surface area contributed by atoms with Crippen LogP contribution in [0.25, 0.3) is 0 Å². The van der Waals surface area contributed by atoms with Crippen LogP contribution in [0.15, 0.2) is 12.4 Å². The van der Waals surface area contributed by atoms with Crippen molar-refractivity contribution in [1.29, 1.82) is 0 Å². The van der Waals surface area contributed by atoms with Crippen LogP contribution in [-0.2, 0) is 9.53 Å². The lowest BCUT2D eigenvalue weighted by atomic mass is 9.74. The Labute approximate surface area is 177 Å². The summed E-state index contributed by atoms with van der Waals surface area (Å²) in [6.07, 6.45) is 10.5. The SMILES string of the molecule is CO[C@@H]1CN(c2ncc(F)cn2)CC[C@@H]1C1C[C@H]2CC[C@H](C1)N2[C@@H](C(N)=O)C1CC1. The minimum Gasteiger partial charge on any atom is -0.379 e. The molecule has 1 aromatic rings. The Hall–Kier alpha value is -1.80. The summed E-state index contributed by atoms with van der Waals surface area (Å²) in [4.78, 5) is 25.1. The quantitative estimate of drug-likeness (QED) is 0.762. The van der Waals surface area contributed by atoms with E-state index in [1.54, 1.807) is 7.11 Å². The minimum atomic E-state index is -0.417. The van der Waals surface area contributed by atoms with Gasteiger partial charge in [0.15, 0.2) is 5.82 Å². The maximum atomic E-state index is 13.2. The van der Waals surface area contributed by atoms with Crippen molar-refractivity contribution in [3.05, 3.63) is 18.2 Å². The number of ether oxygens (including phenoxy) is 1. The first-order valence-electron chi connectivity index (χ1n) is 11.4. The fraction of sp³-hybridized carbons (Fsp3) is 0.773. The molecule has 1 saturated carbocycles. The third-order valence-electron chi connectivity index (χ3n) is 7.92. The summed E-state index contributed by atoms with van der Waals surface area (Å²) in [6, 6.07) is 0.893. The van der Waals surface area contributed by atoms with Crippen molar-refractivity contribution in [2.75, 3.05) is 25.1 Å². The van der Waals surface area contributed by atoms with Crippen molar-refractivity contribution in [3.8, 4) is 0 Å². The number of rotatable bonds is 6. The summed E-state index contributed by atoms with van der Waals surface area (Å²) >= 11 is 0. The zero-order valence-corrected chi connectivity index (χ0v) is 17.6. The van der Waals surface area contributed by atoms with Crippen LogP contribution >= 0.6 is 0 Å². The van der Waals surface area contributed by atoms with Crippen LogP contribution < -0.4 is 10.6 Å². The van der Waals surface area contributed by atoms with Gasteiger partial charge in [-0.05, 0) is 62.7 Å². The maximum absolute atomic E-state index is 13.2. The molecule has 5 atom stereocenters. The molecule has 3 aliphatic heterocycles. The van der Waals surface area contributed by atoms with E-state index in [2.05, 4.69) is 19.8 Å². The molecular formula is C22H32FN5O2. The van der Waals surface area contributed by atoms with Crippen LogP contribution in [0.4, 0.5) is 10.3 Å². The van der Waals surface area contributed by atoms with E-state index in [-0.39, 0.29) is 18.1 Å². The van der Waals surface area contributed by atoms with Gasteiger partial charge in [-0.1, -0.05) is 0 Å². The Morgan fingerprint density at radius 2 is 1.83 bits per heavy atom. The van der Waals surface area contributed by atoms with Gasteiger partial charge in [0.05, 0.1) is 24.5 Å². The molecule has 0 unspecified atom stereocenters. The molecule has 7 nitrogen and oxygen atoms in total. The predicted molar refractivity (Wildman–Crippen MR) is 110 cm³/mol. The Morgan fingerprint density at radius 1 is 1.17 bits per heavy atom. The molecule has 4 fully saturated rings. The summed E-state index contributed by atoms with van der Waals surface area (Å²) in [6.45, 7) is 1.59. The standard InChI is InChI=1S/C22H32FN5O2/c1-30-19-12-27(22-25-10-15(23)11-26-22)7-6-18(19)14-8-16-4-5-17(9-14)28(16)20(21(24)29)13-2-3-13/h10-11,13-14,16-20H,2-9,12H2,1H3,(H2,24,29)/t16-,17-,18-,19-,20-/m1/s1. The summed E-state index contributed by atoms with van der Waals surface area (Å²) < 4.78 is 19.1. The van der Waals surface area contributed by atoms with Crippen molar-refractivity contribution in [2.45, 2.75) is 69.2 Å². The smallest absolute Gasteiger partial charge is 0.235 e. The summed E-state index contributed by atoms with van der Waals surface area (Å²) in [5, 5.41) is 0. The minimum absolute atomic E-state index is 0.0563. The lowest BCUT2D eigenvalue weighted by Gasteiger charge is -2.48. The molecule has 5 rings (SSSR count). The number of fused-ring (bicyclic) bond motifs is 2. The number of carbonyl (C=O) groups is 1. The number of piperidine rings is 2. The van der Waals surface area contributed by atoms with E-state index in [4.69, 9.17) is 10.5 Å². The Morgan fingerprint density at radius 3 is 2.40 bits per heavy atom. The third kappa shape index (κ3) is 3.68. The number of halogens is 1. The van der Waals surface area contributed by atoms with Crippen molar-refractivity contribution < 1.29 is 13.9 Å². The number of hydrogen-bond donors (Lipinski definition) is 1. The van der Waals surface area contributed by atoms with E-state index >= 15 is 0 Å². The molecule has 8 heteroatoms. The molecule has 0 radical (unpaired) electrons. The van der Waals surface area contributed by atoms with Crippen LogP contribution in [0.5, 0.6) is 0 Å². The number of carbonyl (C=O) groups excluding carboxylic acids is 1. The number of hydrogen-bond acceptors (Lipinski definition) is 6. The average molecular weight is 418 g/mol. The number of nitrogens with two attached hydrogens (primary N) is 1. The Balaban J connectivity index is 1.26. The maximum Gasteiger partial charge on any atom is 0.235 e. The first-order chi connectivity index (χ1) is 14.5. The Kier molecular flexibility index (Phi) is 5.39. The molecule has 0 aromatic carbocycles. The van der Waals surface area contributed by atoms with E-state index in [0.717, 1.165) is 45.2 Å². The third-order valence-corrected chi connectivity index (χ3v) is 7.92. The summed E-state index contributed by atoms with van der Waals surface area (Å²) in [7, 11) is 1.78. The summed E-state index contributed by atoms with van der Waals surface area (Å²) in [5.74, 6) is 1.60. The van der Waals surface area contributed by atoms with E-state index in [1.165, 1.54) is 25.2 Å². The van der Waals surface area contributed by atoms with E-state index < -0.39 is 5.82 Å². The van der Waals surface area contributed by atoms with Crippen molar-refractivity contribution in [2.24, 2.45) is 23.5 Å². The van der Waals surface area contributed by atoms with Crippen molar-refractivity contribution in [1.82, 2.24) is 14.9 Å². The van der Waals surface area contributed by atoms with Crippen LogP contribution in [0.1, 0.15) is 44.9 Å². The van der Waals surface area contributed by atoms with Crippen LogP contribution in [0.2, 0.25) is 0 Å². The molecule has 3 saturated heterocycles. The largest absolute Gasteiger partial charge is 0.379 e. The molecule has 1 amide bonds. The number of primary amides is 1. The van der Waals surface area contributed by atoms with E-state index in [9.17, 15) is 9.18 Å². The fourth-order valence-corrected chi connectivity index (χ4v) is 6.47. The number of nitrogens with zero attached hydrogens (tertiary/aromatic N) is 4. The van der Waals surface area contributed by atoms with Gasteiger partial charge < -0.3 is 15.4 Å². The molecule has 4 aliphatic rings. The second kappa shape index (κ2) is 8.04. The van der Waals surface area contributed by atoms with Gasteiger partial charge in [-0.3, -0.25) is 9.69 Å². The summed E-state index contributed by atoms with van der Waals surface area (Å²) in [5.41, 5.74) is 5.82.